The van der Waals surface area contributed by atoms with Crippen LogP contribution in [-0.4, -0.2) is 44.6 Å². The highest BCUT2D eigenvalue weighted by Crippen LogP contribution is 2.37. The van der Waals surface area contributed by atoms with Crippen LogP contribution in [0.1, 0.15) is 32.8 Å². The predicted octanol–water partition coefficient (Wildman–Crippen LogP) is 4.32. The average molecular weight is 444 g/mol. The van der Waals surface area contributed by atoms with Crippen LogP contribution < -0.4 is 9.80 Å². The summed E-state index contributed by atoms with van der Waals surface area (Å²) in [4.78, 5) is 29.7. The Morgan fingerprint density at radius 1 is 1.19 bits per heavy atom. The van der Waals surface area contributed by atoms with E-state index in [9.17, 15) is 18.0 Å². The zero-order chi connectivity index (χ0) is 23.2. The van der Waals surface area contributed by atoms with Crippen molar-refractivity contribution in [2.75, 3.05) is 16.8 Å². The van der Waals surface area contributed by atoms with Crippen LogP contribution in [0.3, 0.4) is 0 Å². The van der Waals surface area contributed by atoms with Crippen LogP contribution in [0.5, 0.6) is 0 Å². The number of anilines is 2. The second-order valence-electron chi connectivity index (χ2n) is 7.90. The lowest BCUT2D eigenvalue weighted by molar-refractivity contribution is -0.137. The van der Waals surface area contributed by atoms with Crippen molar-refractivity contribution in [3.63, 3.8) is 0 Å². The summed E-state index contributed by atoms with van der Waals surface area (Å²) in [5.41, 5.74) is 0.122. The third-order valence-corrected chi connectivity index (χ3v) is 5.54. The van der Waals surface area contributed by atoms with Gasteiger partial charge in [-0.1, -0.05) is 19.1 Å². The lowest BCUT2D eigenvalue weighted by atomic mass is 10.1. The molecule has 0 bridgehead atoms. The summed E-state index contributed by atoms with van der Waals surface area (Å²) in [6, 6.07) is 4.62. The molecule has 0 radical (unpaired) electrons. The maximum atomic E-state index is 13.2. The predicted molar refractivity (Wildman–Crippen MR) is 115 cm³/mol. The van der Waals surface area contributed by atoms with E-state index in [0.717, 1.165) is 12.1 Å². The topological polar surface area (TPSA) is 67.2 Å². The van der Waals surface area contributed by atoms with Gasteiger partial charge in [0.25, 0.3) is 0 Å². The zero-order valence-electron chi connectivity index (χ0n) is 18.1. The highest BCUT2D eigenvalue weighted by molar-refractivity contribution is 6.04. The van der Waals surface area contributed by atoms with Crippen LogP contribution in [0, 0.1) is 0 Å². The number of imidazole rings is 1. The van der Waals surface area contributed by atoms with Crippen molar-refractivity contribution < 1.29 is 18.0 Å². The van der Waals surface area contributed by atoms with E-state index in [-0.39, 0.29) is 23.9 Å². The Balaban J connectivity index is 1.83. The summed E-state index contributed by atoms with van der Waals surface area (Å²) in [6.45, 7) is 5.91. The zero-order valence-corrected chi connectivity index (χ0v) is 18.1. The fraction of sp³-hybridized carbons (Fsp3) is 0.364. The second-order valence-corrected chi connectivity index (χ2v) is 7.90. The Kier molecular flexibility index (Phi) is 5.39. The van der Waals surface area contributed by atoms with Crippen molar-refractivity contribution in [3.05, 3.63) is 48.4 Å². The fourth-order valence-electron chi connectivity index (χ4n) is 4.00. The summed E-state index contributed by atoms with van der Waals surface area (Å²) >= 11 is 0. The first-order valence-corrected chi connectivity index (χ1v) is 10.3. The third kappa shape index (κ3) is 3.59. The van der Waals surface area contributed by atoms with E-state index in [1.165, 1.54) is 12.3 Å². The Bertz CT molecular complexity index is 1160. The molecule has 4 rings (SSSR count). The number of fused-ring (bicyclic) bond motifs is 1. The lowest BCUT2D eigenvalue weighted by Gasteiger charge is -2.42. The van der Waals surface area contributed by atoms with E-state index in [0.29, 0.717) is 29.3 Å². The molecule has 0 saturated heterocycles. The van der Waals surface area contributed by atoms with Gasteiger partial charge in [0, 0.05) is 31.0 Å². The number of hydrogen-bond acceptors (Lipinski definition) is 5. The largest absolute Gasteiger partial charge is 0.416 e. The lowest BCUT2D eigenvalue weighted by Crippen LogP contribution is -2.55. The van der Waals surface area contributed by atoms with Crippen LogP contribution in [0.2, 0.25) is 0 Å². The van der Waals surface area contributed by atoms with Gasteiger partial charge in [-0.15, -0.1) is 0 Å². The summed E-state index contributed by atoms with van der Waals surface area (Å²) < 4.78 is 41.1. The minimum atomic E-state index is -4.46. The number of aromatic nitrogens is 4. The van der Waals surface area contributed by atoms with Gasteiger partial charge < -0.3 is 9.80 Å². The van der Waals surface area contributed by atoms with Gasteiger partial charge in [-0.05, 0) is 32.4 Å². The van der Waals surface area contributed by atoms with E-state index in [1.54, 1.807) is 35.0 Å². The van der Waals surface area contributed by atoms with E-state index >= 15 is 0 Å². The monoisotopic (exact) mass is 444 g/mol. The second kappa shape index (κ2) is 7.92. The van der Waals surface area contributed by atoms with Gasteiger partial charge in [0.15, 0.2) is 5.82 Å². The van der Waals surface area contributed by atoms with Crippen LogP contribution in [0.25, 0.3) is 17.3 Å². The molecule has 0 aliphatic carbocycles. The first-order valence-electron chi connectivity index (χ1n) is 10.3. The third-order valence-electron chi connectivity index (χ3n) is 5.54. The fourth-order valence-corrected chi connectivity index (χ4v) is 4.00. The molecular formula is C22H23F3N6O. The SMILES string of the molecule is CCC1C(=O)N(C)c2cnc(-n3ccnc3-c3cccc(C(F)(F)F)c3)nc2N1C(C)C. The molecule has 1 amide bonds. The number of halogens is 3. The van der Waals surface area contributed by atoms with Gasteiger partial charge in [0.1, 0.15) is 17.6 Å². The molecule has 1 aromatic carbocycles. The number of likely N-dealkylation sites (N-methyl/N-ethyl adjacent to an activating group) is 1. The first kappa shape index (κ1) is 21.8. The normalized spacial score (nSPS) is 16.6. The Morgan fingerprint density at radius 2 is 1.94 bits per heavy atom. The van der Waals surface area contributed by atoms with Crippen molar-refractivity contribution >= 4 is 17.4 Å². The number of benzene rings is 1. The van der Waals surface area contributed by atoms with Gasteiger partial charge in [-0.3, -0.25) is 9.36 Å². The van der Waals surface area contributed by atoms with Crippen molar-refractivity contribution in [1.82, 2.24) is 19.5 Å². The molecule has 2 aromatic heterocycles. The number of hydrogen-bond donors (Lipinski definition) is 0. The van der Waals surface area contributed by atoms with Crippen LogP contribution in [0.4, 0.5) is 24.7 Å². The highest BCUT2D eigenvalue weighted by atomic mass is 19.4. The molecule has 1 aliphatic heterocycles. The maximum Gasteiger partial charge on any atom is 0.416 e. The maximum absolute atomic E-state index is 13.2. The first-order chi connectivity index (χ1) is 15.1. The van der Waals surface area contributed by atoms with Crippen molar-refractivity contribution in [3.8, 4) is 17.3 Å². The van der Waals surface area contributed by atoms with E-state index in [1.807, 2.05) is 25.7 Å². The Labute approximate surface area is 183 Å². The van der Waals surface area contributed by atoms with E-state index in [4.69, 9.17) is 4.98 Å². The number of alkyl halides is 3. The Morgan fingerprint density at radius 3 is 2.59 bits per heavy atom. The molecule has 0 fully saturated rings. The molecule has 1 atom stereocenters. The van der Waals surface area contributed by atoms with Crippen molar-refractivity contribution in [2.45, 2.75) is 45.5 Å². The summed E-state index contributed by atoms with van der Waals surface area (Å²) in [5.74, 6) is 1.12. The highest BCUT2D eigenvalue weighted by Gasteiger charge is 2.38. The molecule has 1 aliphatic rings. The molecule has 3 heterocycles. The molecule has 7 nitrogen and oxygen atoms in total. The van der Waals surface area contributed by atoms with Gasteiger partial charge in [0.05, 0.1) is 11.8 Å². The van der Waals surface area contributed by atoms with Crippen molar-refractivity contribution in [1.29, 1.82) is 0 Å². The molecule has 0 N–H and O–H groups in total. The summed E-state index contributed by atoms with van der Waals surface area (Å²) in [7, 11) is 1.69. The molecule has 3 aromatic rings. The van der Waals surface area contributed by atoms with Crippen LogP contribution in [0.15, 0.2) is 42.9 Å². The smallest absolute Gasteiger partial charge is 0.340 e. The molecule has 0 saturated carbocycles. The number of amides is 1. The van der Waals surface area contributed by atoms with Gasteiger partial charge in [0.2, 0.25) is 11.9 Å². The average Bonchev–Trinajstić information content (AvgIpc) is 3.25. The van der Waals surface area contributed by atoms with Gasteiger partial charge in [-0.2, -0.15) is 18.2 Å². The van der Waals surface area contributed by atoms with Crippen molar-refractivity contribution in [2.24, 2.45) is 0 Å². The molecule has 168 valence electrons. The molecule has 10 heteroatoms. The van der Waals surface area contributed by atoms with Gasteiger partial charge in [-0.25, -0.2) is 9.97 Å². The minimum absolute atomic E-state index is 0.00447. The van der Waals surface area contributed by atoms with Crippen LogP contribution >= 0.6 is 0 Å². The minimum Gasteiger partial charge on any atom is -0.340 e. The summed E-state index contributed by atoms with van der Waals surface area (Å²) in [5, 5.41) is 0. The Hall–Kier alpha value is -3.43. The van der Waals surface area contributed by atoms with Gasteiger partial charge >= 0.3 is 6.18 Å². The number of carbonyl (C=O) groups excluding carboxylic acids is 1. The number of carbonyl (C=O) groups is 1. The number of nitrogens with zero attached hydrogens (tertiary/aromatic N) is 6. The molecule has 0 spiro atoms. The van der Waals surface area contributed by atoms with E-state index < -0.39 is 11.7 Å². The summed E-state index contributed by atoms with van der Waals surface area (Å²) in [6.07, 6.45) is 0.808. The molecular weight excluding hydrogens is 421 g/mol. The quantitative estimate of drug-likeness (QED) is 0.600. The van der Waals surface area contributed by atoms with E-state index in [2.05, 4.69) is 9.97 Å². The molecule has 32 heavy (non-hydrogen) atoms. The van der Waals surface area contributed by atoms with Crippen LogP contribution in [-0.2, 0) is 11.0 Å². The standard InChI is InChI=1S/C22H23F3N6O/c1-5-16-20(32)29(4)17-12-27-21(28-19(17)31(16)13(2)3)30-10-9-26-18(30)14-7-6-8-15(11-14)22(23,24)25/h6-13,16H,5H2,1-4H3. The number of rotatable bonds is 4. The molecule has 1 unspecified atom stereocenters.